The Bertz CT molecular complexity index is 5680. The molecule has 0 saturated carbocycles. The van der Waals surface area contributed by atoms with E-state index in [2.05, 4.69) is 99.7 Å². The van der Waals surface area contributed by atoms with Gasteiger partial charge in [0.2, 0.25) is 52.8 Å². The van der Waals surface area contributed by atoms with Crippen molar-refractivity contribution >= 4 is 146 Å². The van der Waals surface area contributed by atoms with Crippen LogP contribution in [-0.4, -0.2) is 212 Å². The molecule has 121 heavy (non-hydrogen) atoms. The van der Waals surface area contributed by atoms with Gasteiger partial charge < -0.3 is 130 Å². The van der Waals surface area contributed by atoms with E-state index in [9.17, 15) is 71.9 Å². The van der Waals surface area contributed by atoms with Crippen molar-refractivity contribution in [3.63, 3.8) is 0 Å². The van der Waals surface area contributed by atoms with Gasteiger partial charge in [-0.05, 0) is 69.9 Å². The van der Waals surface area contributed by atoms with Crippen LogP contribution in [0.1, 0.15) is 151 Å². The van der Waals surface area contributed by atoms with Gasteiger partial charge in [0.05, 0.1) is 34.1 Å². The fourth-order valence-electron chi connectivity index (χ4n) is 12.4. The molecule has 0 spiro atoms. The summed E-state index contributed by atoms with van der Waals surface area (Å²) in [7, 11) is 19.7. The zero-order valence-electron chi connectivity index (χ0n) is 68.6. The zero-order valence-corrected chi connectivity index (χ0v) is 68.6. The molecule has 0 aliphatic carbocycles. The molecular weight excluding hydrogens is 1570 g/mol. The predicted molar refractivity (Wildman–Crippen MR) is 442 cm³/mol. The average Bonchev–Trinajstić information content (AvgIpc) is 1.69. The average molecular weight is 1670 g/mol. The number of rotatable bonds is 37. The largest absolute Gasteiger partial charge is 0.356 e. The topological polar surface area (TPSA) is 541 Å². The van der Waals surface area contributed by atoms with Crippen LogP contribution in [0.3, 0.4) is 0 Å². The predicted octanol–water partition coefficient (Wildman–Crippen LogP) is 1.98. The van der Waals surface area contributed by atoms with Gasteiger partial charge in [-0.1, -0.05) is 0 Å². The quantitative estimate of drug-likeness (QED) is 0.0248. The number of amides is 15. The van der Waals surface area contributed by atoms with Gasteiger partial charge in [-0.2, -0.15) is 0 Å². The van der Waals surface area contributed by atoms with E-state index in [1.165, 1.54) is 149 Å². The maximum Gasteiger partial charge on any atom is 0.292 e. The smallest absolute Gasteiger partial charge is 0.292 e. The van der Waals surface area contributed by atoms with Crippen LogP contribution in [0.15, 0.2) is 98.4 Å². The SMILES string of the molecule is CC(=O)Nc1cc(C(=O)Nc2cc(C(=O)NCCC(=O)Nc3cn(C)c(C(=O)Nc4cn(C)c(C(=O)Nc5cc(C(=O)NCCCC(=O)Nc6cc(C(=O)Nc7cc(C(=O)Nc8cc(C(=O)NCCC(=O)Nc9cn(C)c(C(=O)Nc%10cn(C)c(C(=O)NCCC(=O)NCCCN(C)C)n%10)n9)n(C)c8)n(C)c7)n(C)c6)n(C)c5)n4)n3)n(C)c2)n(C)c1. The number of aryl methyl sites for hydroxylation is 10. The summed E-state index contributed by atoms with van der Waals surface area (Å²) in [4.78, 5) is 214. The van der Waals surface area contributed by atoms with E-state index in [4.69, 9.17) is 0 Å². The second kappa shape index (κ2) is 39.0. The molecular formula is C76H94N30O15. The number of imidazole rings is 4. The highest BCUT2D eigenvalue weighted by molar-refractivity contribution is 6.10. The molecule has 0 saturated heterocycles. The Kier molecular flexibility index (Phi) is 28.3. The van der Waals surface area contributed by atoms with Gasteiger partial charge in [0.15, 0.2) is 23.3 Å². The molecule has 15 N–H and O–H groups in total. The summed E-state index contributed by atoms with van der Waals surface area (Å²) < 4.78 is 14.5. The molecule has 0 radical (unpaired) electrons. The molecule has 0 aliphatic heterocycles. The second-order valence-corrected chi connectivity index (χ2v) is 28.5. The van der Waals surface area contributed by atoms with E-state index < -0.39 is 76.8 Å². The van der Waals surface area contributed by atoms with Crippen molar-refractivity contribution in [2.24, 2.45) is 70.5 Å². The van der Waals surface area contributed by atoms with Crippen LogP contribution in [0.4, 0.5) is 57.4 Å². The van der Waals surface area contributed by atoms with Crippen molar-refractivity contribution in [2.45, 2.75) is 45.4 Å². The standard InChI is InChI=1S/C76H94N30O15/c1-42(107)82-43-26-52(100(7)32-43)70(115)84-45-28-50(97(4)34-45)68(113)79-23-19-62(111)89-56-39-105(12)66(91-56)76(121)95-58-41-106(13)64(93-58)74(119)87-48-30-49(99(6)37-48)67(112)78-20-14-16-60(109)83-44-27-53(101(8)33-44)71(116)86-47-31-54(102(9)36-47)72(117)85-46-29-51(98(5)35-46)69(114)80-24-18-61(110)88-55-38-104(11)65(90-55)75(120)94-57-40-103(10)63(92-57)73(118)81-22-17-59(108)77-21-15-25-96(2)3/h26-41H,14-25H2,1-13H3,(H,77,108)(H,78,112)(H,79,113)(H,80,114)(H,81,118)(H,82,107)(H,83,109)(H,84,115)(H,85,117)(H,86,116)(H,87,119)(H,88,110)(H,89,111)(H,94,120)(H,95,121). The summed E-state index contributed by atoms with van der Waals surface area (Å²) in [5, 5.41) is 40.2. The fourth-order valence-corrected chi connectivity index (χ4v) is 12.4. The van der Waals surface area contributed by atoms with E-state index in [1.54, 1.807) is 72.5 Å². The van der Waals surface area contributed by atoms with Gasteiger partial charge in [-0.15, -0.1) is 0 Å². The monoisotopic (exact) mass is 1670 g/mol. The molecule has 0 atom stereocenters. The van der Waals surface area contributed by atoms with Gasteiger partial charge >= 0.3 is 0 Å². The Labute approximate surface area is 690 Å². The summed E-state index contributed by atoms with van der Waals surface area (Å²) in [5.41, 5.74) is 2.97. The Morgan fingerprint density at radius 1 is 0.264 bits per heavy atom. The lowest BCUT2D eigenvalue weighted by atomic mass is 10.2. The van der Waals surface area contributed by atoms with Gasteiger partial charge in [0.1, 0.15) is 34.2 Å². The maximum atomic E-state index is 13.6. The minimum Gasteiger partial charge on any atom is -0.356 e. The lowest BCUT2D eigenvalue weighted by molar-refractivity contribution is -0.121. The molecule has 10 aromatic rings. The normalized spacial score (nSPS) is 11.0. The first-order chi connectivity index (χ1) is 57.4. The van der Waals surface area contributed by atoms with Crippen LogP contribution in [-0.2, 0) is 94.4 Å². The first kappa shape index (κ1) is 87.9. The fraction of sp³-hybridized carbons (Fsp3) is 0.329. The Morgan fingerprint density at radius 3 is 0.876 bits per heavy atom. The summed E-state index contributed by atoms with van der Waals surface area (Å²) in [6, 6.07) is 8.78. The molecule has 10 heterocycles. The number of nitrogens with zero attached hydrogens (tertiary/aromatic N) is 15. The van der Waals surface area contributed by atoms with Gasteiger partial charge in [-0.25, -0.2) is 19.9 Å². The van der Waals surface area contributed by atoms with Crippen LogP contribution < -0.4 is 79.8 Å². The molecule has 0 aromatic carbocycles. The number of carbonyl (C=O) groups excluding carboxylic acids is 15. The van der Waals surface area contributed by atoms with E-state index >= 15 is 0 Å². The minimum atomic E-state index is -0.725. The van der Waals surface area contributed by atoms with Crippen LogP contribution in [0.5, 0.6) is 0 Å². The van der Waals surface area contributed by atoms with Crippen molar-refractivity contribution in [2.75, 3.05) is 107 Å². The summed E-state index contributed by atoms with van der Waals surface area (Å²) in [6.07, 6.45) is 15.6. The Hall–Kier alpha value is -15.5. The molecule has 45 heteroatoms. The van der Waals surface area contributed by atoms with Gasteiger partial charge in [0.25, 0.3) is 59.1 Å². The van der Waals surface area contributed by atoms with Crippen LogP contribution in [0.2, 0.25) is 0 Å². The van der Waals surface area contributed by atoms with E-state index in [-0.39, 0.29) is 168 Å². The maximum absolute atomic E-state index is 13.6. The zero-order chi connectivity index (χ0) is 87.8. The second-order valence-electron chi connectivity index (χ2n) is 28.5. The molecule has 638 valence electrons. The lowest BCUT2D eigenvalue weighted by Gasteiger charge is -2.10. The molecule has 0 fully saturated rings. The third-order valence-electron chi connectivity index (χ3n) is 18.3. The van der Waals surface area contributed by atoms with Gasteiger partial charge in [-0.3, -0.25) is 71.9 Å². The third-order valence-corrected chi connectivity index (χ3v) is 18.3. The van der Waals surface area contributed by atoms with Crippen LogP contribution in [0.25, 0.3) is 0 Å². The summed E-state index contributed by atoms with van der Waals surface area (Å²) in [5.74, 6) is -7.97. The lowest BCUT2D eigenvalue weighted by Crippen LogP contribution is -2.32. The highest BCUT2D eigenvalue weighted by Crippen LogP contribution is 2.24. The highest BCUT2D eigenvalue weighted by atomic mass is 16.2. The Balaban J connectivity index is 0.598. The van der Waals surface area contributed by atoms with Crippen molar-refractivity contribution < 1.29 is 71.9 Å². The van der Waals surface area contributed by atoms with Crippen LogP contribution in [0, 0.1) is 0 Å². The number of aromatic nitrogens is 14. The summed E-state index contributed by atoms with van der Waals surface area (Å²) in [6.45, 7) is 2.68. The van der Waals surface area contributed by atoms with Crippen molar-refractivity contribution in [3.8, 4) is 0 Å². The number of carbonyl (C=O) groups is 15. The third kappa shape index (κ3) is 23.4. The number of hydrogen-bond donors (Lipinski definition) is 15. The molecule has 10 aromatic heterocycles. The first-order valence-corrected chi connectivity index (χ1v) is 37.6. The van der Waals surface area contributed by atoms with E-state index in [0.717, 1.165) is 13.0 Å². The molecule has 0 bridgehead atoms. The van der Waals surface area contributed by atoms with Crippen molar-refractivity contribution in [1.82, 2.24) is 97.1 Å². The molecule has 45 nitrogen and oxygen atoms in total. The molecule has 10 rings (SSSR count). The summed E-state index contributed by atoms with van der Waals surface area (Å²) >= 11 is 0. The van der Waals surface area contributed by atoms with Gasteiger partial charge in [0, 0.05) is 198 Å². The van der Waals surface area contributed by atoms with Crippen molar-refractivity contribution in [3.05, 3.63) is 156 Å². The number of hydrogen-bond acceptors (Lipinski definition) is 20. The van der Waals surface area contributed by atoms with E-state index in [0.29, 0.717) is 23.6 Å². The molecule has 15 amide bonds. The molecule has 0 aliphatic rings. The highest BCUT2D eigenvalue weighted by Gasteiger charge is 2.27. The van der Waals surface area contributed by atoms with Crippen LogP contribution >= 0.6 is 0 Å². The first-order valence-electron chi connectivity index (χ1n) is 37.6. The Morgan fingerprint density at radius 2 is 0.529 bits per heavy atom. The van der Waals surface area contributed by atoms with Crippen molar-refractivity contribution in [1.29, 1.82) is 0 Å². The molecule has 0 unspecified atom stereocenters. The number of anilines is 10. The van der Waals surface area contributed by atoms with E-state index in [1.807, 2.05) is 19.0 Å². The minimum absolute atomic E-state index is 0.00839. The number of nitrogens with one attached hydrogen (secondary N) is 15.